The third-order valence-corrected chi connectivity index (χ3v) is 3.02. The van der Waals surface area contributed by atoms with Crippen LogP contribution in [0.3, 0.4) is 0 Å². The van der Waals surface area contributed by atoms with E-state index in [1.54, 1.807) is 12.4 Å². The molecule has 0 saturated heterocycles. The summed E-state index contributed by atoms with van der Waals surface area (Å²) in [5.74, 6) is 0.723. The van der Waals surface area contributed by atoms with E-state index in [2.05, 4.69) is 25.9 Å². The quantitative estimate of drug-likeness (QED) is 0.668. The number of nitrogens with two attached hydrogens (primary N) is 1. The zero-order valence-corrected chi connectivity index (χ0v) is 12.1. The molecule has 5 nitrogen and oxygen atoms in total. The number of benzene rings is 1. The van der Waals surface area contributed by atoms with Crippen LogP contribution in [-0.2, 0) is 6.54 Å². The predicted molar refractivity (Wildman–Crippen MR) is 79.3 cm³/mol. The van der Waals surface area contributed by atoms with Crippen LogP contribution in [0, 0.1) is 5.41 Å². The Hall–Kier alpha value is -1.95. The number of hydrogen-bond acceptors (Lipinski definition) is 4. The Kier molecular flexibility index (Phi) is 4.11. The molecule has 98 valence electrons. The van der Waals surface area contributed by atoms with Crippen molar-refractivity contribution < 1.29 is 0 Å². The highest BCUT2D eigenvalue weighted by molar-refractivity contribution is 9.10. The van der Waals surface area contributed by atoms with Gasteiger partial charge in [0, 0.05) is 31.5 Å². The second-order valence-electron chi connectivity index (χ2n) is 4.17. The van der Waals surface area contributed by atoms with Gasteiger partial charge in [-0.1, -0.05) is 18.2 Å². The number of aromatic nitrogens is 2. The van der Waals surface area contributed by atoms with E-state index < -0.39 is 0 Å². The fraction of sp³-hybridized carbons (Fsp3) is 0.154. The Balaban J connectivity index is 2.14. The smallest absolute Gasteiger partial charge is 0.225 e. The van der Waals surface area contributed by atoms with E-state index in [0.29, 0.717) is 12.5 Å². The largest absolute Gasteiger partial charge is 0.384 e. The summed E-state index contributed by atoms with van der Waals surface area (Å²) in [6.45, 7) is 0.656. The summed E-state index contributed by atoms with van der Waals surface area (Å²) in [7, 11) is 1.92. The van der Waals surface area contributed by atoms with E-state index in [1.807, 2.05) is 36.2 Å². The number of anilines is 1. The van der Waals surface area contributed by atoms with E-state index in [1.165, 1.54) is 0 Å². The summed E-state index contributed by atoms with van der Waals surface area (Å²) in [5.41, 5.74) is 7.26. The molecule has 0 bridgehead atoms. The zero-order valence-electron chi connectivity index (χ0n) is 10.5. The first-order valence-corrected chi connectivity index (χ1v) is 6.47. The molecule has 2 rings (SSSR count). The van der Waals surface area contributed by atoms with E-state index in [4.69, 9.17) is 11.1 Å². The number of nitrogen functional groups attached to an aromatic ring is 1. The summed E-state index contributed by atoms with van der Waals surface area (Å²) in [5, 5.41) is 7.44. The van der Waals surface area contributed by atoms with Crippen LogP contribution in [0.25, 0.3) is 0 Å². The van der Waals surface area contributed by atoms with Crippen molar-refractivity contribution in [1.82, 2.24) is 9.97 Å². The summed E-state index contributed by atoms with van der Waals surface area (Å²) >= 11 is 3.31. The van der Waals surface area contributed by atoms with Crippen molar-refractivity contribution in [2.24, 2.45) is 5.73 Å². The second kappa shape index (κ2) is 5.79. The molecule has 0 fully saturated rings. The van der Waals surface area contributed by atoms with Gasteiger partial charge in [-0.2, -0.15) is 0 Å². The van der Waals surface area contributed by atoms with Gasteiger partial charge in [0.05, 0.1) is 4.47 Å². The van der Waals surface area contributed by atoms with Gasteiger partial charge in [0.1, 0.15) is 5.84 Å². The molecule has 0 unspecified atom stereocenters. The summed E-state index contributed by atoms with van der Waals surface area (Å²) < 4.78 is 0.850. The van der Waals surface area contributed by atoms with Gasteiger partial charge in [0.25, 0.3) is 0 Å². The van der Waals surface area contributed by atoms with E-state index in [9.17, 15) is 0 Å². The Morgan fingerprint density at radius 1 is 1.37 bits per heavy atom. The molecule has 0 aliphatic heterocycles. The van der Waals surface area contributed by atoms with Gasteiger partial charge in [-0.05, 0) is 27.6 Å². The molecule has 0 aliphatic carbocycles. The van der Waals surface area contributed by atoms with Crippen LogP contribution >= 0.6 is 15.9 Å². The zero-order chi connectivity index (χ0) is 13.8. The first kappa shape index (κ1) is 13.5. The van der Waals surface area contributed by atoms with Gasteiger partial charge in [-0.15, -0.1) is 0 Å². The molecular formula is C13H14BrN5. The van der Waals surface area contributed by atoms with Crippen molar-refractivity contribution in [2.75, 3.05) is 11.9 Å². The van der Waals surface area contributed by atoms with Crippen LogP contribution in [0.15, 0.2) is 41.1 Å². The number of hydrogen-bond donors (Lipinski definition) is 2. The number of rotatable bonds is 4. The third-order valence-electron chi connectivity index (χ3n) is 2.61. The molecule has 0 atom stereocenters. The van der Waals surface area contributed by atoms with Crippen molar-refractivity contribution in [1.29, 1.82) is 5.41 Å². The van der Waals surface area contributed by atoms with Crippen LogP contribution in [-0.4, -0.2) is 22.9 Å². The lowest BCUT2D eigenvalue weighted by atomic mass is 10.1. The van der Waals surface area contributed by atoms with Crippen LogP contribution < -0.4 is 10.6 Å². The number of nitrogens with one attached hydrogen (secondary N) is 1. The van der Waals surface area contributed by atoms with Gasteiger partial charge in [0.15, 0.2) is 0 Å². The molecule has 0 aliphatic rings. The first-order chi connectivity index (χ1) is 9.06. The Labute approximate surface area is 120 Å². The molecule has 1 aromatic carbocycles. The normalized spacial score (nSPS) is 10.2. The van der Waals surface area contributed by atoms with Crippen LogP contribution in [0.2, 0.25) is 0 Å². The van der Waals surface area contributed by atoms with Crippen molar-refractivity contribution in [3.05, 3.63) is 52.3 Å². The van der Waals surface area contributed by atoms with Gasteiger partial charge in [-0.25, -0.2) is 9.97 Å². The highest BCUT2D eigenvalue weighted by Gasteiger charge is 2.06. The molecule has 0 amide bonds. The molecule has 1 heterocycles. The molecule has 0 spiro atoms. The minimum atomic E-state index is 0.0735. The summed E-state index contributed by atoms with van der Waals surface area (Å²) in [6, 6.07) is 7.60. The number of halogens is 1. The summed E-state index contributed by atoms with van der Waals surface area (Å²) in [4.78, 5) is 10.4. The maximum Gasteiger partial charge on any atom is 0.225 e. The average Bonchev–Trinajstić information content (AvgIpc) is 2.39. The van der Waals surface area contributed by atoms with E-state index in [0.717, 1.165) is 15.6 Å². The van der Waals surface area contributed by atoms with Gasteiger partial charge in [-0.3, -0.25) is 5.41 Å². The standard InChI is InChI=1S/C13H14BrN5/c1-19(13-17-6-11(14)7-18-13)8-9-3-2-4-10(5-9)12(15)16/h2-7H,8H2,1H3,(H3,15,16). The molecule has 1 aromatic heterocycles. The average molecular weight is 320 g/mol. The van der Waals surface area contributed by atoms with Crippen molar-refractivity contribution in [3.8, 4) is 0 Å². The van der Waals surface area contributed by atoms with Gasteiger partial charge >= 0.3 is 0 Å². The molecule has 0 radical (unpaired) electrons. The van der Waals surface area contributed by atoms with E-state index >= 15 is 0 Å². The maximum absolute atomic E-state index is 7.44. The van der Waals surface area contributed by atoms with Crippen LogP contribution in [0.4, 0.5) is 5.95 Å². The highest BCUT2D eigenvalue weighted by atomic mass is 79.9. The first-order valence-electron chi connectivity index (χ1n) is 5.68. The van der Waals surface area contributed by atoms with E-state index in [-0.39, 0.29) is 5.84 Å². The monoisotopic (exact) mass is 319 g/mol. The fourth-order valence-corrected chi connectivity index (χ4v) is 1.89. The van der Waals surface area contributed by atoms with Gasteiger partial charge in [0.2, 0.25) is 5.95 Å². The maximum atomic E-state index is 7.44. The lowest BCUT2D eigenvalue weighted by molar-refractivity contribution is 0.864. The van der Waals surface area contributed by atoms with Gasteiger partial charge < -0.3 is 10.6 Å². The fourth-order valence-electron chi connectivity index (χ4n) is 1.68. The topological polar surface area (TPSA) is 78.9 Å². The van der Waals surface area contributed by atoms with Crippen molar-refractivity contribution >= 4 is 27.7 Å². The summed E-state index contributed by atoms with van der Waals surface area (Å²) in [6.07, 6.45) is 3.43. The third kappa shape index (κ3) is 3.51. The minimum absolute atomic E-state index is 0.0735. The number of amidine groups is 1. The predicted octanol–water partition coefficient (Wildman–Crippen LogP) is 2.16. The molecule has 3 N–H and O–H groups in total. The second-order valence-corrected chi connectivity index (χ2v) is 5.09. The lowest BCUT2D eigenvalue weighted by Crippen LogP contribution is -2.19. The Morgan fingerprint density at radius 3 is 2.68 bits per heavy atom. The van der Waals surface area contributed by atoms with Crippen molar-refractivity contribution in [2.45, 2.75) is 6.54 Å². The Bertz CT molecular complexity index is 582. The van der Waals surface area contributed by atoms with Crippen LogP contribution in [0.5, 0.6) is 0 Å². The molecule has 0 saturated carbocycles. The minimum Gasteiger partial charge on any atom is -0.384 e. The molecule has 6 heteroatoms. The lowest BCUT2D eigenvalue weighted by Gasteiger charge is -2.17. The van der Waals surface area contributed by atoms with Crippen molar-refractivity contribution in [3.63, 3.8) is 0 Å². The van der Waals surface area contributed by atoms with Crippen LogP contribution in [0.1, 0.15) is 11.1 Å². The molecule has 2 aromatic rings. The number of nitrogens with zero attached hydrogens (tertiary/aromatic N) is 3. The molecule has 19 heavy (non-hydrogen) atoms. The Morgan fingerprint density at radius 2 is 2.05 bits per heavy atom. The highest BCUT2D eigenvalue weighted by Crippen LogP contribution is 2.13. The molecular weight excluding hydrogens is 306 g/mol. The SMILES string of the molecule is CN(Cc1cccc(C(=N)N)c1)c1ncc(Br)cn1.